The van der Waals surface area contributed by atoms with Gasteiger partial charge in [0.05, 0.1) is 0 Å². The van der Waals surface area contributed by atoms with Gasteiger partial charge >= 0.3 is 18.2 Å². The van der Waals surface area contributed by atoms with E-state index in [-0.39, 0.29) is 29.8 Å². The lowest BCUT2D eigenvalue weighted by molar-refractivity contribution is 0.0138. The first-order valence-electron chi connectivity index (χ1n) is 25.4. The number of unbranched alkanes of at least 4 members (excludes halogenated alkanes) is 4. The van der Waals surface area contributed by atoms with Gasteiger partial charge in [0, 0.05) is 72.7 Å². The number of aryl methyl sites for hydroxylation is 2. The van der Waals surface area contributed by atoms with Gasteiger partial charge in [-0.05, 0) is 152 Å². The molecule has 2 aromatic carbocycles. The number of nitrogens with one attached hydrogen (secondary N) is 1. The van der Waals surface area contributed by atoms with Gasteiger partial charge in [0.15, 0.2) is 0 Å². The Morgan fingerprint density at radius 3 is 1.45 bits per heavy atom. The topological polar surface area (TPSA) is 154 Å². The van der Waals surface area contributed by atoms with Gasteiger partial charge in [-0.2, -0.15) is 0 Å². The maximum atomic E-state index is 13.6. The summed E-state index contributed by atoms with van der Waals surface area (Å²) in [5, 5.41) is 12.2. The van der Waals surface area contributed by atoms with Crippen molar-refractivity contribution in [3.8, 4) is 0 Å². The highest BCUT2D eigenvalue weighted by atomic mass is 79.9. The lowest BCUT2D eigenvalue weighted by atomic mass is 10.0. The van der Waals surface area contributed by atoms with Gasteiger partial charge in [0.25, 0.3) is 5.91 Å². The minimum Gasteiger partial charge on any atom is -0.477 e. The average molecular weight is 1110 g/mol. The standard InChI is InChI=1S/C28H38BrN3O3.C17H25BrN2O2.C11H15NO2/c1-5-6-7-8-21-11-14-25(30-19-21)26(33)32(20-22-9-12-23(29)13-10-22)24-15-17-31(18-16-24)27(34)35-28(2,3)4;1-17(2,3)22-16(21)20-10-8-15(9-11-20)19-12-13-4-6-14(18)7-5-13;1-2-3-4-5-9-6-7-10(11(13)14)12-8-9/h9-14,19,24H,5-8,15-18,20H2,1-4H3;4-7,15,19H,8-12H2,1-3H3;6-8H,2-5H2,1H3,(H,13,14). The molecule has 0 atom stereocenters. The van der Waals surface area contributed by atoms with E-state index in [1.165, 1.54) is 36.8 Å². The fourth-order valence-electron chi connectivity index (χ4n) is 8.00. The van der Waals surface area contributed by atoms with Crippen molar-refractivity contribution in [3.05, 3.63) is 128 Å². The van der Waals surface area contributed by atoms with Crippen molar-refractivity contribution in [2.75, 3.05) is 26.2 Å². The Kier molecular flexibility index (Phi) is 24.5. The summed E-state index contributed by atoms with van der Waals surface area (Å²) >= 11 is 6.93. The van der Waals surface area contributed by atoms with Crippen molar-refractivity contribution in [1.29, 1.82) is 0 Å². The molecular weight excluding hydrogens is 1030 g/mol. The van der Waals surface area contributed by atoms with Crippen LogP contribution in [-0.4, -0.2) is 103 Å². The van der Waals surface area contributed by atoms with Crippen LogP contribution in [0.1, 0.15) is 163 Å². The van der Waals surface area contributed by atoms with Crippen molar-refractivity contribution >= 4 is 55.9 Å². The third-order valence-corrected chi connectivity index (χ3v) is 13.0. The van der Waals surface area contributed by atoms with E-state index in [1.54, 1.807) is 17.2 Å². The minimum absolute atomic E-state index is 0.0239. The monoisotopic (exact) mass is 1100 g/mol. The van der Waals surface area contributed by atoms with Crippen molar-refractivity contribution in [3.63, 3.8) is 0 Å². The van der Waals surface area contributed by atoms with Gasteiger partial charge < -0.3 is 34.6 Å². The minimum atomic E-state index is -0.967. The predicted octanol–water partition coefficient (Wildman–Crippen LogP) is 13.1. The summed E-state index contributed by atoms with van der Waals surface area (Å²) in [6.45, 7) is 19.7. The third kappa shape index (κ3) is 22.2. The van der Waals surface area contributed by atoms with Crippen LogP contribution in [0, 0.1) is 0 Å². The second kappa shape index (κ2) is 29.6. The highest BCUT2D eigenvalue weighted by Gasteiger charge is 2.33. The van der Waals surface area contributed by atoms with Crippen LogP contribution in [0.4, 0.5) is 9.59 Å². The molecule has 2 N–H and O–H groups in total. The molecule has 71 heavy (non-hydrogen) atoms. The summed E-state index contributed by atoms with van der Waals surface area (Å²) in [5.74, 6) is -1.03. The van der Waals surface area contributed by atoms with E-state index in [9.17, 15) is 19.2 Å². The molecule has 0 unspecified atom stereocenters. The molecule has 0 aliphatic carbocycles. The summed E-state index contributed by atoms with van der Waals surface area (Å²) < 4.78 is 13.1. The normalized spacial score (nSPS) is 14.3. The Bertz CT molecular complexity index is 2220. The average Bonchev–Trinajstić information content (AvgIpc) is 3.33. The molecule has 0 radical (unpaired) electrons. The van der Waals surface area contributed by atoms with Crippen molar-refractivity contribution in [2.24, 2.45) is 0 Å². The Morgan fingerprint density at radius 1 is 0.620 bits per heavy atom. The van der Waals surface area contributed by atoms with E-state index in [0.717, 1.165) is 78.2 Å². The van der Waals surface area contributed by atoms with Crippen LogP contribution in [0.3, 0.4) is 0 Å². The van der Waals surface area contributed by atoms with Crippen LogP contribution in [0.25, 0.3) is 0 Å². The SMILES string of the molecule is CC(C)(C)OC(=O)N1CCC(NCc2ccc(Br)cc2)CC1.CCCCCc1ccc(C(=O)N(Cc2ccc(Br)cc2)C2CCN(C(=O)OC(C)(C)C)CC2)nc1.CCCCCc1ccc(C(=O)O)nc1. The number of hydrogen-bond acceptors (Lipinski definition) is 9. The molecule has 2 aliphatic heterocycles. The molecule has 2 aliphatic rings. The zero-order chi connectivity index (χ0) is 52.0. The number of halogens is 2. The highest BCUT2D eigenvalue weighted by molar-refractivity contribution is 9.10. The Hall–Kier alpha value is -4.86. The van der Waals surface area contributed by atoms with E-state index in [0.29, 0.717) is 44.2 Å². The number of benzene rings is 2. The molecule has 2 aromatic heterocycles. The van der Waals surface area contributed by atoms with Crippen LogP contribution in [0.15, 0.2) is 94.1 Å². The number of carbonyl (C=O) groups is 4. The first-order chi connectivity index (χ1) is 33.7. The number of carboxylic acids is 1. The van der Waals surface area contributed by atoms with Crippen LogP contribution >= 0.6 is 31.9 Å². The molecule has 4 aromatic rings. The number of rotatable bonds is 16. The van der Waals surface area contributed by atoms with Crippen LogP contribution in [0.2, 0.25) is 0 Å². The number of nitrogens with zero attached hydrogens (tertiary/aromatic N) is 5. The summed E-state index contributed by atoms with van der Waals surface area (Å²) in [7, 11) is 0. The van der Waals surface area contributed by atoms with E-state index in [4.69, 9.17) is 14.6 Å². The molecule has 2 saturated heterocycles. The number of ether oxygens (including phenoxy) is 2. The van der Waals surface area contributed by atoms with Crippen molar-refractivity contribution in [2.45, 2.75) is 169 Å². The maximum absolute atomic E-state index is 13.6. The number of piperidine rings is 2. The fourth-order valence-corrected chi connectivity index (χ4v) is 8.53. The number of hydrogen-bond donors (Lipinski definition) is 2. The summed E-state index contributed by atoms with van der Waals surface area (Å²) in [5.41, 5.74) is 4.26. The third-order valence-electron chi connectivity index (χ3n) is 12.0. The van der Waals surface area contributed by atoms with E-state index >= 15 is 0 Å². The zero-order valence-corrected chi connectivity index (χ0v) is 46.5. The summed E-state index contributed by atoms with van der Waals surface area (Å²) in [4.78, 5) is 62.5. The number of carbonyl (C=O) groups excluding carboxylic acids is 3. The first kappa shape index (κ1) is 58.7. The van der Waals surface area contributed by atoms with Crippen LogP contribution in [-0.2, 0) is 35.4 Å². The molecule has 388 valence electrons. The number of likely N-dealkylation sites (tertiary alicyclic amines) is 2. The number of carboxylic acid groups (broad SMARTS) is 1. The molecule has 2 fully saturated rings. The largest absolute Gasteiger partial charge is 0.477 e. The second-order valence-electron chi connectivity index (χ2n) is 20.3. The number of aromatic nitrogens is 2. The molecule has 3 amide bonds. The molecular formula is C56H78Br2N6O7. The predicted molar refractivity (Wildman–Crippen MR) is 289 cm³/mol. The maximum Gasteiger partial charge on any atom is 0.410 e. The van der Waals surface area contributed by atoms with Gasteiger partial charge in [-0.15, -0.1) is 0 Å². The molecule has 0 saturated carbocycles. The van der Waals surface area contributed by atoms with Gasteiger partial charge in [-0.1, -0.05) is 108 Å². The molecule has 0 spiro atoms. The molecule has 6 rings (SSSR count). The molecule has 13 nitrogen and oxygen atoms in total. The molecule has 0 bridgehead atoms. The van der Waals surface area contributed by atoms with Gasteiger partial charge in [0.2, 0.25) is 0 Å². The smallest absolute Gasteiger partial charge is 0.410 e. The van der Waals surface area contributed by atoms with E-state index in [1.807, 2.05) is 100 Å². The fraction of sp³-hybridized carbons (Fsp3) is 0.536. The summed E-state index contributed by atoms with van der Waals surface area (Å²) in [6.07, 6.45) is 15.4. The second-order valence-corrected chi connectivity index (χ2v) is 22.2. The van der Waals surface area contributed by atoms with Crippen molar-refractivity contribution < 1.29 is 33.8 Å². The lowest BCUT2D eigenvalue weighted by Crippen LogP contribution is -2.49. The van der Waals surface area contributed by atoms with Gasteiger partial charge in [0.1, 0.15) is 22.6 Å². The lowest BCUT2D eigenvalue weighted by Gasteiger charge is -2.39. The Morgan fingerprint density at radius 2 is 1.04 bits per heavy atom. The first-order valence-corrected chi connectivity index (χ1v) is 26.9. The summed E-state index contributed by atoms with van der Waals surface area (Å²) in [6, 6.07) is 24.2. The van der Waals surface area contributed by atoms with Gasteiger partial charge in [-0.25, -0.2) is 19.4 Å². The quantitative estimate of drug-likeness (QED) is 0.104. The highest BCUT2D eigenvalue weighted by Crippen LogP contribution is 2.24. The number of aromatic carboxylic acids is 1. The number of pyridine rings is 2. The van der Waals surface area contributed by atoms with Crippen LogP contribution in [0.5, 0.6) is 0 Å². The molecule has 15 heteroatoms. The Balaban J connectivity index is 0.000000258. The van der Waals surface area contributed by atoms with Gasteiger partial charge in [-0.3, -0.25) is 9.78 Å². The molecule has 4 heterocycles. The van der Waals surface area contributed by atoms with Crippen LogP contribution < -0.4 is 5.32 Å². The van der Waals surface area contributed by atoms with E-state index < -0.39 is 17.2 Å². The number of amides is 3. The Labute approximate surface area is 440 Å². The zero-order valence-electron chi connectivity index (χ0n) is 43.4. The van der Waals surface area contributed by atoms with Crippen molar-refractivity contribution in [1.82, 2.24) is 30.0 Å². The van der Waals surface area contributed by atoms with E-state index in [2.05, 4.69) is 85.3 Å².